The van der Waals surface area contributed by atoms with E-state index in [2.05, 4.69) is 40.7 Å². The Kier molecular flexibility index (Phi) is 7.81. The van der Waals surface area contributed by atoms with Gasteiger partial charge in [0.05, 0.1) is 30.3 Å². The number of allylic oxidation sites excluding steroid dienone is 1. The van der Waals surface area contributed by atoms with E-state index in [1.54, 1.807) is 0 Å². The Morgan fingerprint density at radius 3 is 2.32 bits per heavy atom. The van der Waals surface area contributed by atoms with Crippen molar-refractivity contribution in [2.75, 3.05) is 13.2 Å². The van der Waals surface area contributed by atoms with Crippen LogP contribution in [-0.4, -0.2) is 86.1 Å². The van der Waals surface area contributed by atoms with Gasteiger partial charge in [0.1, 0.15) is 18.3 Å². The fraction of sp³-hybridized carbons (Fsp3) is 0.914. The Labute approximate surface area is 262 Å². The van der Waals surface area contributed by atoms with E-state index in [1.807, 2.05) is 6.92 Å². The van der Waals surface area contributed by atoms with Gasteiger partial charge in [0.25, 0.3) is 0 Å². The van der Waals surface area contributed by atoms with Crippen LogP contribution in [0.25, 0.3) is 0 Å². The van der Waals surface area contributed by atoms with Crippen LogP contribution in [0.5, 0.6) is 0 Å². The Hall–Kier alpha value is -1.07. The maximum atomic E-state index is 13.0. The SMILES string of the molecule is C[C@H]1CC[C@]2(C(=O)O)CC[C@]3(C)C(=CCC4[C@@]5(C)CC[C@H](O[C@@H]6OC[C@@H](O)[C@H](O)[C@H]6O)[C@@](C)(CO)C5CC[C@]43C)[C@@H]2[C@]1(C)O. The Bertz CT molecular complexity index is 1190. The Balaban J connectivity index is 1.34. The molecule has 250 valence electrons. The zero-order valence-electron chi connectivity index (χ0n) is 27.5. The second-order valence-electron chi connectivity index (χ2n) is 16.9. The average molecular weight is 621 g/mol. The van der Waals surface area contributed by atoms with Crippen LogP contribution >= 0.6 is 0 Å². The van der Waals surface area contributed by atoms with E-state index in [0.717, 1.165) is 37.7 Å². The summed E-state index contributed by atoms with van der Waals surface area (Å²) in [4.78, 5) is 13.0. The molecule has 0 aromatic rings. The van der Waals surface area contributed by atoms with Gasteiger partial charge in [0, 0.05) is 11.3 Å². The smallest absolute Gasteiger partial charge is 0.310 e. The first kappa shape index (κ1) is 32.9. The summed E-state index contributed by atoms with van der Waals surface area (Å²) in [5, 5.41) is 64.4. The van der Waals surface area contributed by atoms with Crippen molar-refractivity contribution >= 4 is 5.97 Å². The molecule has 2 unspecified atom stereocenters. The number of fused-ring (bicyclic) bond motifs is 7. The number of carboxylic acids is 1. The molecule has 0 radical (unpaired) electrons. The Morgan fingerprint density at radius 1 is 0.955 bits per heavy atom. The molecule has 9 heteroatoms. The van der Waals surface area contributed by atoms with Gasteiger partial charge in [-0.1, -0.05) is 46.3 Å². The van der Waals surface area contributed by atoms with E-state index in [4.69, 9.17) is 9.47 Å². The van der Waals surface area contributed by atoms with Gasteiger partial charge in [0.15, 0.2) is 6.29 Å². The molecule has 6 aliphatic rings. The third-order valence-corrected chi connectivity index (χ3v) is 15.3. The summed E-state index contributed by atoms with van der Waals surface area (Å²) < 4.78 is 12.0. The lowest BCUT2D eigenvalue weighted by Gasteiger charge is -2.72. The lowest BCUT2D eigenvalue weighted by atomic mass is 9.33. The van der Waals surface area contributed by atoms with Crippen LogP contribution in [0.2, 0.25) is 0 Å². The molecule has 6 rings (SSSR count). The fourth-order valence-corrected chi connectivity index (χ4v) is 12.1. The standard InChI is InChI=1S/C35H56O9/c1-19-9-14-35(29(40)41)16-15-32(4)20(27(35)34(19,6)42)7-8-23-30(2)12-11-24(44-28-26(39)25(38)21(37)17-43-28)31(3,18-36)22(30)10-13-33(23,32)5/h7,19,21-28,36-39,42H,8-18H2,1-6H3,(H,40,41)/t19-,21+,22?,23?,24-,25-,26+,27+,28-,30-,31-,32+,33+,34+,35-/m0/s1. The van der Waals surface area contributed by atoms with Gasteiger partial charge in [0.2, 0.25) is 0 Å². The number of aliphatic hydroxyl groups excluding tert-OH is 4. The second-order valence-corrected chi connectivity index (χ2v) is 16.9. The average Bonchev–Trinajstić information content (AvgIpc) is 2.96. The van der Waals surface area contributed by atoms with Gasteiger partial charge in [-0.2, -0.15) is 0 Å². The topological polar surface area (TPSA) is 157 Å². The van der Waals surface area contributed by atoms with Crippen LogP contribution in [0.3, 0.4) is 0 Å². The molecule has 0 amide bonds. The summed E-state index contributed by atoms with van der Waals surface area (Å²) in [6.45, 7) is 12.9. The van der Waals surface area contributed by atoms with Crippen LogP contribution < -0.4 is 0 Å². The molecule has 6 N–H and O–H groups in total. The van der Waals surface area contributed by atoms with Crippen LogP contribution in [0.1, 0.15) is 99.3 Å². The van der Waals surface area contributed by atoms with Crippen LogP contribution in [0, 0.1) is 50.7 Å². The third-order valence-electron chi connectivity index (χ3n) is 15.3. The molecule has 1 saturated heterocycles. The molecule has 0 spiro atoms. The first-order valence-electron chi connectivity index (χ1n) is 17.0. The van der Waals surface area contributed by atoms with Crippen molar-refractivity contribution in [3.63, 3.8) is 0 Å². The molecule has 4 saturated carbocycles. The first-order valence-corrected chi connectivity index (χ1v) is 17.0. The largest absolute Gasteiger partial charge is 0.481 e. The van der Waals surface area contributed by atoms with Gasteiger partial charge < -0.3 is 40.1 Å². The Morgan fingerprint density at radius 2 is 1.66 bits per heavy atom. The molecule has 0 aromatic heterocycles. The molecule has 9 nitrogen and oxygen atoms in total. The lowest BCUT2D eigenvalue weighted by Crippen LogP contribution is -2.68. The minimum absolute atomic E-state index is 0.0126. The van der Waals surface area contributed by atoms with Crippen molar-refractivity contribution in [2.24, 2.45) is 50.7 Å². The zero-order valence-corrected chi connectivity index (χ0v) is 27.5. The van der Waals surface area contributed by atoms with Crippen molar-refractivity contribution in [1.29, 1.82) is 0 Å². The number of carbonyl (C=O) groups is 1. The highest BCUT2D eigenvalue weighted by Gasteiger charge is 2.71. The quantitative estimate of drug-likeness (QED) is 0.204. The number of ether oxygens (including phenoxy) is 2. The molecule has 1 aliphatic heterocycles. The summed E-state index contributed by atoms with van der Waals surface area (Å²) in [5.74, 6) is -0.747. The van der Waals surface area contributed by atoms with Gasteiger partial charge in [-0.25, -0.2) is 0 Å². The number of aliphatic hydroxyl groups is 5. The normalized spacial score (nSPS) is 57.2. The highest BCUT2D eigenvalue weighted by atomic mass is 16.7. The molecular formula is C35H56O9. The molecule has 5 fully saturated rings. The maximum absolute atomic E-state index is 13.0. The van der Waals surface area contributed by atoms with Crippen LogP contribution in [0.4, 0.5) is 0 Å². The highest BCUT2D eigenvalue weighted by Crippen LogP contribution is 2.76. The molecule has 15 atom stereocenters. The molecule has 44 heavy (non-hydrogen) atoms. The number of rotatable bonds is 4. The first-order chi connectivity index (χ1) is 20.4. The highest BCUT2D eigenvalue weighted by molar-refractivity contribution is 5.77. The summed E-state index contributed by atoms with van der Waals surface area (Å²) >= 11 is 0. The predicted octanol–water partition coefficient (Wildman–Crippen LogP) is 3.64. The van der Waals surface area contributed by atoms with Gasteiger partial charge in [-0.3, -0.25) is 4.79 Å². The van der Waals surface area contributed by atoms with Gasteiger partial charge in [-0.15, -0.1) is 0 Å². The van der Waals surface area contributed by atoms with E-state index in [0.29, 0.717) is 31.6 Å². The monoisotopic (exact) mass is 620 g/mol. The maximum Gasteiger partial charge on any atom is 0.310 e. The third kappa shape index (κ3) is 4.12. The zero-order chi connectivity index (χ0) is 32.3. The van der Waals surface area contributed by atoms with E-state index >= 15 is 0 Å². The van der Waals surface area contributed by atoms with E-state index < -0.39 is 59.0 Å². The van der Waals surface area contributed by atoms with E-state index in [-0.39, 0.29) is 41.3 Å². The van der Waals surface area contributed by atoms with Gasteiger partial charge in [-0.05, 0) is 98.7 Å². The molecule has 0 aromatic carbocycles. The van der Waals surface area contributed by atoms with E-state index in [9.17, 15) is 35.4 Å². The fourth-order valence-electron chi connectivity index (χ4n) is 12.1. The minimum atomic E-state index is -1.38. The molecular weight excluding hydrogens is 564 g/mol. The molecule has 1 heterocycles. The van der Waals surface area contributed by atoms with Crippen molar-refractivity contribution < 1.29 is 44.9 Å². The van der Waals surface area contributed by atoms with Crippen molar-refractivity contribution in [3.05, 3.63) is 11.6 Å². The lowest BCUT2D eigenvalue weighted by molar-refractivity contribution is -0.312. The summed E-state index contributed by atoms with van der Waals surface area (Å²) in [6.07, 6.45) is 3.74. The second kappa shape index (κ2) is 10.5. The van der Waals surface area contributed by atoms with Gasteiger partial charge >= 0.3 is 5.97 Å². The van der Waals surface area contributed by atoms with Crippen molar-refractivity contribution in [3.8, 4) is 0 Å². The summed E-state index contributed by atoms with van der Waals surface area (Å²) in [6, 6.07) is 0. The van der Waals surface area contributed by atoms with Crippen molar-refractivity contribution in [1.82, 2.24) is 0 Å². The molecule has 5 aliphatic carbocycles. The predicted molar refractivity (Wildman–Crippen MR) is 162 cm³/mol. The summed E-state index contributed by atoms with van der Waals surface area (Å²) in [5.41, 5.74) is -1.99. The minimum Gasteiger partial charge on any atom is -0.481 e. The van der Waals surface area contributed by atoms with Crippen LogP contribution in [0.15, 0.2) is 11.6 Å². The summed E-state index contributed by atoms with van der Waals surface area (Å²) in [7, 11) is 0. The van der Waals surface area contributed by atoms with Crippen molar-refractivity contribution in [2.45, 2.75) is 136 Å². The number of hydrogen-bond acceptors (Lipinski definition) is 8. The van der Waals surface area contributed by atoms with E-state index in [1.165, 1.54) is 0 Å². The number of carboxylic acid groups (broad SMARTS) is 1. The number of aliphatic carboxylic acids is 1. The van der Waals surface area contributed by atoms with Crippen LogP contribution in [-0.2, 0) is 14.3 Å². The molecule has 0 bridgehead atoms. The number of hydrogen-bond donors (Lipinski definition) is 6.